The highest BCUT2D eigenvalue weighted by Gasteiger charge is 2.25. The smallest absolute Gasteiger partial charge is 0.339 e. The number of carbonyl (C=O) groups is 1. The van der Waals surface area contributed by atoms with Crippen LogP contribution in [0, 0.1) is 5.82 Å². The fourth-order valence-corrected chi connectivity index (χ4v) is 2.09. The van der Waals surface area contributed by atoms with Crippen molar-refractivity contribution in [2.45, 2.75) is 25.4 Å². The molecule has 1 unspecified atom stereocenters. The molecule has 3 nitrogen and oxygen atoms in total. The first-order chi connectivity index (χ1) is 7.65. The van der Waals surface area contributed by atoms with Gasteiger partial charge in [-0.2, -0.15) is 0 Å². The number of aryl methyl sites for hydroxylation is 1. The van der Waals surface area contributed by atoms with Gasteiger partial charge in [0.05, 0.1) is 7.11 Å². The number of hydrogen-bond donors (Lipinski definition) is 1. The summed E-state index contributed by atoms with van der Waals surface area (Å²) >= 11 is 0. The third-order valence-corrected chi connectivity index (χ3v) is 2.96. The number of aliphatic hydroxyl groups is 1. The summed E-state index contributed by atoms with van der Waals surface area (Å²) in [5, 5.41) is 9.59. The summed E-state index contributed by atoms with van der Waals surface area (Å²) in [6.45, 7) is 0. The lowest BCUT2D eigenvalue weighted by atomic mass is 10.0. The molecule has 0 radical (unpaired) electrons. The van der Waals surface area contributed by atoms with E-state index in [-0.39, 0.29) is 5.56 Å². The number of aliphatic hydroxyl groups excluding tert-OH is 1. The highest BCUT2D eigenvalue weighted by molar-refractivity contribution is 5.76. The number of halogens is 1. The molecule has 2 rings (SSSR count). The molecule has 0 spiro atoms. The Morgan fingerprint density at radius 2 is 2.25 bits per heavy atom. The topological polar surface area (TPSA) is 46.5 Å². The van der Waals surface area contributed by atoms with Crippen LogP contribution in [-0.2, 0) is 22.4 Å². The van der Waals surface area contributed by atoms with Crippen LogP contribution < -0.4 is 0 Å². The van der Waals surface area contributed by atoms with Crippen LogP contribution in [-0.4, -0.2) is 18.2 Å². The Labute approximate surface area is 92.9 Å². The van der Waals surface area contributed by atoms with Crippen molar-refractivity contribution >= 4 is 5.97 Å². The molecule has 0 saturated heterocycles. The molecule has 0 amide bonds. The number of rotatable bonds is 2. The van der Waals surface area contributed by atoms with Crippen molar-refractivity contribution in [2.75, 3.05) is 7.11 Å². The van der Waals surface area contributed by atoms with Crippen molar-refractivity contribution in [3.05, 3.63) is 34.6 Å². The van der Waals surface area contributed by atoms with Crippen molar-refractivity contribution in [3.8, 4) is 0 Å². The molecule has 0 saturated carbocycles. The zero-order chi connectivity index (χ0) is 11.7. The Bertz CT molecular complexity index is 429. The molecule has 1 atom stereocenters. The second kappa shape index (κ2) is 4.22. The summed E-state index contributed by atoms with van der Waals surface area (Å²) in [5.41, 5.74) is 1.60. The summed E-state index contributed by atoms with van der Waals surface area (Å²) in [6.07, 6.45) is 0.921. The average molecular weight is 224 g/mol. The van der Waals surface area contributed by atoms with E-state index in [9.17, 15) is 14.3 Å². The maximum absolute atomic E-state index is 14.0. The molecular formula is C12H13FO3. The number of benzene rings is 1. The van der Waals surface area contributed by atoms with Gasteiger partial charge in [0.25, 0.3) is 0 Å². The molecule has 1 aliphatic rings. The summed E-state index contributed by atoms with van der Waals surface area (Å²) in [6, 6.07) is 3.23. The number of carbonyl (C=O) groups excluding carboxylic acids is 1. The summed E-state index contributed by atoms with van der Waals surface area (Å²) in [5.74, 6) is -1.30. The van der Waals surface area contributed by atoms with Crippen LogP contribution in [0.3, 0.4) is 0 Å². The first kappa shape index (κ1) is 11.1. The maximum Gasteiger partial charge on any atom is 0.339 e. The van der Waals surface area contributed by atoms with Crippen molar-refractivity contribution in [1.82, 2.24) is 0 Å². The molecule has 0 aliphatic heterocycles. The Kier molecular flexibility index (Phi) is 2.92. The van der Waals surface area contributed by atoms with Crippen molar-refractivity contribution in [3.63, 3.8) is 0 Å². The predicted octanol–water partition coefficient (Wildman–Crippen LogP) is 1.52. The largest absolute Gasteiger partial charge is 0.467 e. The van der Waals surface area contributed by atoms with E-state index in [1.807, 2.05) is 0 Å². The molecule has 1 aromatic rings. The summed E-state index contributed by atoms with van der Waals surface area (Å²) in [4.78, 5) is 11.1. The van der Waals surface area contributed by atoms with Gasteiger partial charge in [-0.05, 0) is 30.4 Å². The van der Waals surface area contributed by atoms with Crippen molar-refractivity contribution in [2.24, 2.45) is 0 Å². The molecule has 0 heterocycles. The van der Waals surface area contributed by atoms with Gasteiger partial charge in [0.2, 0.25) is 0 Å². The number of methoxy groups -OCH3 is 1. The Morgan fingerprint density at radius 3 is 2.94 bits per heavy atom. The third-order valence-electron chi connectivity index (χ3n) is 2.96. The number of fused-ring (bicyclic) bond motifs is 1. The Balaban J connectivity index is 2.39. The molecule has 1 aliphatic carbocycles. The van der Waals surface area contributed by atoms with Gasteiger partial charge < -0.3 is 9.84 Å². The minimum Gasteiger partial charge on any atom is -0.467 e. The van der Waals surface area contributed by atoms with E-state index >= 15 is 0 Å². The lowest BCUT2D eigenvalue weighted by Gasteiger charge is -2.12. The summed E-state index contributed by atoms with van der Waals surface area (Å²) < 4.78 is 18.3. The van der Waals surface area contributed by atoms with Crippen LogP contribution in [0.4, 0.5) is 4.39 Å². The molecule has 0 bridgehead atoms. The molecule has 0 aromatic heterocycles. The van der Waals surface area contributed by atoms with E-state index in [0.717, 1.165) is 25.5 Å². The van der Waals surface area contributed by atoms with Gasteiger partial charge >= 0.3 is 5.97 Å². The van der Waals surface area contributed by atoms with Crippen LogP contribution in [0.2, 0.25) is 0 Å². The van der Waals surface area contributed by atoms with E-state index in [1.54, 1.807) is 6.07 Å². The SMILES string of the molecule is COC(=O)C(O)c1ccc2c(c1F)CCC2. The lowest BCUT2D eigenvalue weighted by Crippen LogP contribution is -2.15. The van der Waals surface area contributed by atoms with E-state index in [2.05, 4.69) is 4.74 Å². The predicted molar refractivity (Wildman–Crippen MR) is 55.4 cm³/mol. The first-order valence-corrected chi connectivity index (χ1v) is 5.21. The van der Waals surface area contributed by atoms with Gasteiger partial charge in [0, 0.05) is 5.56 Å². The number of hydrogen-bond acceptors (Lipinski definition) is 3. The van der Waals surface area contributed by atoms with E-state index < -0.39 is 17.9 Å². The minimum absolute atomic E-state index is 0.00694. The van der Waals surface area contributed by atoms with Crippen LogP contribution in [0.5, 0.6) is 0 Å². The normalized spacial score (nSPS) is 15.7. The molecule has 0 fully saturated rings. The standard InChI is InChI=1S/C12H13FO3/c1-16-12(15)11(14)9-6-5-7-3-2-4-8(7)10(9)13/h5-6,11,14H,2-4H2,1H3. The van der Waals surface area contributed by atoms with Crippen LogP contribution in [0.1, 0.15) is 29.2 Å². The maximum atomic E-state index is 14.0. The molecule has 4 heteroatoms. The third kappa shape index (κ3) is 1.69. The second-order valence-corrected chi connectivity index (χ2v) is 3.89. The van der Waals surface area contributed by atoms with Crippen LogP contribution in [0.15, 0.2) is 12.1 Å². The fourth-order valence-electron chi connectivity index (χ4n) is 2.09. The van der Waals surface area contributed by atoms with E-state index in [4.69, 9.17) is 0 Å². The second-order valence-electron chi connectivity index (χ2n) is 3.89. The van der Waals surface area contributed by atoms with E-state index in [1.165, 1.54) is 6.07 Å². The van der Waals surface area contributed by atoms with Crippen LogP contribution >= 0.6 is 0 Å². The highest BCUT2D eigenvalue weighted by Crippen LogP contribution is 2.29. The molecule has 16 heavy (non-hydrogen) atoms. The quantitative estimate of drug-likeness (QED) is 0.775. The molecular weight excluding hydrogens is 211 g/mol. The van der Waals surface area contributed by atoms with Crippen LogP contribution in [0.25, 0.3) is 0 Å². The zero-order valence-corrected chi connectivity index (χ0v) is 9.00. The first-order valence-electron chi connectivity index (χ1n) is 5.21. The van der Waals surface area contributed by atoms with Gasteiger partial charge in [0.1, 0.15) is 5.82 Å². The molecule has 1 N–H and O–H groups in total. The monoisotopic (exact) mass is 224 g/mol. The zero-order valence-electron chi connectivity index (χ0n) is 9.00. The Hall–Kier alpha value is -1.42. The summed E-state index contributed by atoms with van der Waals surface area (Å²) in [7, 11) is 1.16. The van der Waals surface area contributed by atoms with Gasteiger partial charge in [-0.25, -0.2) is 9.18 Å². The molecule has 86 valence electrons. The van der Waals surface area contributed by atoms with Gasteiger partial charge in [-0.3, -0.25) is 0 Å². The van der Waals surface area contributed by atoms with Crippen molar-refractivity contribution < 1.29 is 19.0 Å². The highest BCUT2D eigenvalue weighted by atomic mass is 19.1. The molecule has 1 aromatic carbocycles. The number of ether oxygens (including phenoxy) is 1. The lowest BCUT2D eigenvalue weighted by molar-refractivity contribution is -0.150. The minimum atomic E-state index is -1.53. The fraction of sp³-hybridized carbons (Fsp3) is 0.417. The van der Waals surface area contributed by atoms with Crippen molar-refractivity contribution in [1.29, 1.82) is 0 Å². The van der Waals surface area contributed by atoms with Gasteiger partial charge in [-0.15, -0.1) is 0 Å². The Morgan fingerprint density at radius 1 is 1.50 bits per heavy atom. The number of esters is 1. The van der Waals surface area contributed by atoms with Gasteiger partial charge in [-0.1, -0.05) is 12.1 Å². The van der Waals surface area contributed by atoms with E-state index in [0.29, 0.717) is 12.0 Å². The van der Waals surface area contributed by atoms with Gasteiger partial charge in [0.15, 0.2) is 6.10 Å². The average Bonchev–Trinajstić information content (AvgIpc) is 2.76.